The van der Waals surface area contributed by atoms with Crippen molar-refractivity contribution in [3.05, 3.63) is 35.9 Å². The van der Waals surface area contributed by atoms with Crippen molar-refractivity contribution >= 4 is 0 Å². The molecule has 108 valence electrons. The lowest BCUT2D eigenvalue weighted by Gasteiger charge is -2.27. The van der Waals surface area contributed by atoms with Crippen LogP contribution in [-0.4, -0.2) is 44.8 Å². The van der Waals surface area contributed by atoms with E-state index in [1.807, 2.05) is 0 Å². The molecule has 1 unspecified atom stereocenters. The monoisotopic (exact) mass is 264 g/mol. The number of nitrogens with zero attached hydrogens (tertiary/aromatic N) is 1. The van der Waals surface area contributed by atoms with Gasteiger partial charge in [0.15, 0.2) is 0 Å². The average molecular weight is 264 g/mol. The third-order valence-corrected chi connectivity index (χ3v) is 3.60. The maximum absolute atomic E-state index is 5.43. The van der Waals surface area contributed by atoms with Crippen molar-refractivity contribution in [1.82, 2.24) is 10.2 Å². The van der Waals surface area contributed by atoms with Gasteiger partial charge in [0.1, 0.15) is 0 Å². The molecule has 0 saturated carbocycles. The van der Waals surface area contributed by atoms with E-state index in [2.05, 4.69) is 68.5 Å². The zero-order valence-corrected chi connectivity index (χ0v) is 12.9. The molecule has 3 nitrogen and oxygen atoms in total. The second-order valence-corrected chi connectivity index (χ2v) is 5.81. The first-order valence-corrected chi connectivity index (χ1v) is 6.93. The van der Waals surface area contributed by atoms with Crippen molar-refractivity contribution in [2.24, 2.45) is 0 Å². The molecule has 3 heteroatoms. The molecule has 0 bridgehead atoms. The molecule has 0 heterocycles. The molecule has 0 aliphatic carbocycles. The minimum atomic E-state index is -0.0483. The standard InChI is InChI=1S/C16H28N2O/c1-16(2,19-5)11-12-17-13-15(18(3)4)14-9-7-6-8-10-14/h6-10,15,17H,11-13H2,1-5H3. The molecule has 0 fully saturated rings. The van der Waals surface area contributed by atoms with E-state index < -0.39 is 0 Å². The zero-order valence-electron chi connectivity index (χ0n) is 12.9. The van der Waals surface area contributed by atoms with Gasteiger partial charge in [-0.1, -0.05) is 30.3 Å². The third kappa shape index (κ3) is 5.72. The SMILES string of the molecule is COC(C)(C)CCNCC(c1ccccc1)N(C)C. The van der Waals surface area contributed by atoms with Gasteiger partial charge in [-0.25, -0.2) is 0 Å². The molecular weight excluding hydrogens is 236 g/mol. The van der Waals surface area contributed by atoms with Crippen LogP contribution in [0.25, 0.3) is 0 Å². The summed E-state index contributed by atoms with van der Waals surface area (Å²) in [5.74, 6) is 0. The Kier molecular flexibility index (Phi) is 6.49. The summed E-state index contributed by atoms with van der Waals surface area (Å²) in [7, 11) is 6.02. The van der Waals surface area contributed by atoms with Gasteiger partial charge in [-0.3, -0.25) is 0 Å². The Hall–Kier alpha value is -0.900. The molecule has 1 aromatic carbocycles. The highest BCUT2D eigenvalue weighted by atomic mass is 16.5. The summed E-state index contributed by atoms with van der Waals surface area (Å²) in [6.45, 7) is 6.17. The van der Waals surface area contributed by atoms with E-state index in [1.165, 1.54) is 5.56 Å². The Morgan fingerprint density at radius 2 is 1.84 bits per heavy atom. The number of hydrogen-bond acceptors (Lipinski definition) is 3. The third-order valence-electron chi connectivity index (χ3n) is 3.60. The number of hydrogen-bond donors (Lipinski definition) is 1. The largest absolute Gasteiger partial charge is 0.379 e. The molecule has 0 amide bonds. The predicted molar refractivity (Wildman–Crippen MR) is 81.4 cm³/mol. The molecule has 1 rings (SSSR count). The topological polar surface area (TPSA) is 24.5 Å². The first-order valence-electron chi connectivity index (χ1n) is 6.93. The molecular formula is C16H28N2O. The second kappa shape index (κ2) is 7.63. The van der Waals surface area contributed by atoms with Gasteiger partial charge in [0.2, 0.25) is 0 Å². The van der Waals surface area contributed by atoms with Crippen molar-refractivity contribution < 1.29 is 4.74 Å². The Morgan fingerprint density at radius 1 is 1.21 bits per heavy atom. The summed E-state index contributed by atoms with van der Waals surface area (Å²) in [5, 5.41) is 3.53. The summed E-state index contributed by atoms with van der Waals surface area (Å²) < 4.78 is 5.43. The summed E-state index contributed by atoms with van der Waals surface area (Å²) >= 11 is 0. The molecule has 1 N–H and O–H groups in total. The highest BCUT2D eigenvalue weighted by Crippen LogP contribution is 2.17. The fourth-order valence-electron chi connectivity index (χ4n) is 2.00. The molecule has 1 aromatic rings. The molecule has 0 spiro atoms. The predicted octanol–water partition coefficient (Wildman–Crippen LogP) is 2.69. The molecule has 0 saturated heterocycles. The van der Waals surface area contributed by atoms with Crippen LogP contribution < -0.4 is 5.32 Å². The Balaban J connectivity index is 2.44. The first-order chi connectivity index (χ1) is 8.96. The van der Waals surface area contributed by atoms with Crippen LogP contribution in [0.2, 0.25) is 0 Å². The van der Waals surface area contributed by atoms with Crippen molar-refractivity contribution in [3.63, 3.8) is 0 Å². The fourth-order valence-corrected chi connectivity index (χ4v) is 2.00. The lowest BCUT2D eigenvalue weighted by Crippen LogP contribution is -2.34. The van der Waals surface area contributed by atoms with Gasteiger partial charge >= 0.3 is 0 Å². The lowest BCUT2D eigenvalue weighted by molar-refractivity contribution is 0.0156. The highest BCUT2D eigenvalue weighted by molar-refractivity contribution is 5.19. The van der Waals surface area contributed by atoms with E-state index in [0.29, 0.717) is 6.04 Å². The Bertz CT molecular complexity index is 349. The molecule has 0 aromatic heterocycles. The summed E-state index contributed by atoms with van der Waals surface area (Å²) in [4.78, 5) is 2.25. The smallest absolute Gasteiger partial charge is 0.0634 e. The van der Waals surface area contributed by atoms with Gasteiger partial charge in [-0.15, -0.1) is 0 Å². The zero-order chi connectivity index (χ0) is 14.3. The van der Waals surface area contributed by atoms with Crippen LogP contribution in [0.1, 0.15) is 31.9 Å². The number of rotatable bonds is 8. The lowest BCUT2D eigenvalue weighted by atomic mass is 10.0. The van der Waals surface area contributed by atoms with Crippen LogP contribution in [0.5, 0.6) is 0 Å². The summed E-state index contributed by atoms with van der Waals surface area (Å²) in [6.07, 6.45) is 1.01. The van der Waals surface area contributed by atoms with E-state index in [4.69, 9.17) is 4.74 Å². The van der Waals surface area contributed by atoms with E-state index in [-0.39, 0.29) is 5.60 Å². The molecule has 19 heavy (non-hydrogen) atoms. The highest BCUT2D eigenvalue weighted by Gasteiger charge is 2.17. The van der Waals surface area contributed by atoms with Crippen LogP contribution in [0.4, 0.5) is 0 Å². The van der Waals surface area contributed by atoms with E-state index in [0.717, 1.165) is 19.5 Å². The Morgan fingerprint density at radius 3 is 2.37 bits per heavy atom. The number of nitrogens with one attached hydrogen (secondary N) is 1. The van der Waals surface area contributed by atoms with Crippen LogP contribution in [0.15, 0.2) is 30.3 Å². The van der Waals surface area contributed by atoms with Gasteiger partial charge in [-0.05, 0) is 46.5 Å². The quantitative estimate of drug-likeness (QED) is 0.731. The maximum Gasteiger partial charge on any atom is 0.0634 e. The van der Waals surface area contributed by atoms with Gasteiger partial charge in [0.05, 0.1) is 5.60 Å². The summed E-state index contributed by atoms with van der Waals surface area (Å²) in [6, 6.07) is 11.0. The van der Waals surface area contributed by atoms with Crippen molar-refractivity contribution in [2.75, 3.05) is 34.3 Å². The van der Waals surface area contributed by atoms with Crippen LogP contribution in [-0.2, 0) is 4.74 Å². The molecule has 0 aliphatic rings. The van der Waals surface area contributed by atoms with Crippen LogP contribution in [0.3, 0.4) is 0 Å². The van der Waals surface area contributed by atoms with Crippen LogP contribution in [0, 0.1) is 0 Å². The molecule has 0 aliphatic heterocycles. The van der Waals surface area contributed by atoms with Crippen molar-refractivity contribution in [2.45, 2.75) is 31.9 Å². The average Bonchev–Trinajstić information content (AvgIpc) is 2.39. The van der Waals surface area contributed by atoms with Gasteiger partial charge < -0.3 is 15.0 Å². The minimum absolute atomic E-state index is 0.0483. The van der Waals surface area contributed by atoms with E-state index >= 15 is 0 Å². The number of benzene rings is 1. The Labute approximate surface area is 118 Å². The summed E-state index contributed by atoms with van der Waals surface area (Å²) in [5.41, 5.74) is 1.30. The minimum Gasteiger partial charge on any atom is -0.379 e. The van der Waals surface area contributed by atoms with Gasteiger partial charge in [0.25, 0.3) is 0 Å². The van der Waals surface area contributed by atoms with Crippen molar-refractivity contribution in [3.8, 4) is 0 Å². The van der Waals surface area contributed by atoms with Crippen molar-refractivity contribution in [1.29, 1.82) is 0 Å². The van der Waals surface area contributed by atoms with Gasteiger partial charge in [-0.2, -0.15) is 0 Å². The molecule has 1 atom stereocenters. The number of methoxy groups -OCH3 is 1. The van der Waals surface area contributed by atoms with Crippen LogP contribution >= 0.6 is 0 Å². The fraction of sp³-hybridized carbons (Fsp3) is 0.625. The number of ether oxygens (including phenoxy) is 1. The second-order valence-electron chi connectivity index (χ2n) is 5.81. The maximum atomic E-state index is 5.43. The molecule has 0 radical (unpaired) electrons. The first kappa shape index (κ1) is 16.2. The van der Waals surface area contributed by atoms with E-state index in [1.54, 1.807) is 7.11 Å². The van der Waals surface area contributed by atoms with E-state index in [9.17, 15) is 0 Å². The van der Waals surface area contributed by atoms with Gasteiger partial charge in [0, 0.05) is 19.7 Å². The normalized spacial score (nSPS) is 13.8. The number of likely N-dealkylation sites (N-methyl/N-ethyl adjacent to an activating group) is 1.